The predicted molar refractivity (Wildman–Crippen MR) is 67.0 cm³/mol. The number of benzene rings is 1. The second-order valence-electron chi connectivity index (χ2n) is 3.61. The van der Waals surface area contributed by atoms with E-state index in [1.807, 2.05) is 12.1 Å². The maximum Gasteiger partial charge on any atom is 0.315 e. The number of rotatable bonds is 5. The standard InChI is InChI=1S/C12H14ClN3O/c1-2-9-5-3-4-6-10(9)8-14-12-16-15-11(7-13)17-12/h3-6H,2,7-8H2,1H3,(H,14,16). The second kappa shape index (κ2) is 5.68. The molecular weight excluding hydrogens is 238 g/mol. The number of nitrogens with one attached hydrogen (secondary N) is 1. The summed E-state index contributed by atoms with van der Waals surface area (Å²) in [6.07, 6.45) is 1.01. The van der Waals surface area contributed by atoms with Crippen LogP contribution < -0.4 is 5.32 Å². The fraction of sp³-hybridized carbons (Fsp3) is 0.333. The Morgan fingerprint density at radius 3 is 2.65 bits per heavy atom. The Bertz CT molecular complexity index is 484. The van der Waals surface area contributed by atoms with Crippen molar-refractivity contribution in [1.82, 2.24) is 10.2 Å². The van der Waals surface area contributed by atoms with Crippen LogP contribution in [0.4, 0.5) is 6.01 Å². The smallest absolute Gasteiger partial charge is 0.315 e. The Morgan fingerprint density at radius 2 is 2.00 bits per heavy atom. The van der Waals surface area contributed by atoms with Gasteiger partial charge in [-0.05, 0) is 17.5 Å². The minimum Gasteiger partial charge on any atom is -0.407 e. The molecule has 0 atom stereocenters. The van der Waals surface area contributed by atoms with E-state index in [1.54, 1.807) is 0 Å². The molecule has 1 aromatic heterocycles. The number of alkyl halides is 1. The molecule has 0 saturated heterocycles. The van der Waals surface area contributed by atoms with Gasteiger partial charge >= 0.3 is 6.01 Å². The van der Waals surface area contributed by atoms with E-state index in [2.05, 4.69) is 34.6 Å². The van der Waals surface area contributed by atoms with Gasteiger partial charge in [-0.3, -0.25) is 0 Å². The highest BCUT2D eigenvalue weighted by atomic mass is 35.5. The topological polar surface area (TPSA) is 51.0 Å². The fourth-order valence-corrected chi connectivity index (χ4v) is 1.73. The van der Waals surface area contributed by atoms with Gasteiger partial charge in [0.15, 0.2) is 0 Å². The van der Waals surface area contributed by atoms with Crippen molar-refractivity contribution >= 4 is 17.6 Å². The number of nitrogens with zero attached hydrogens (tertiary/aromatic N) is 2. The monoisotopic (exact) mass is 251 g/mol. The summed E-state index contributed by atoms with van der Waals surface area (Å²) in [5.41, 5.74) is 2.55. The van der Waals surface area contributed by atoms with Gasteiger partial charge in [0.2, 0.25) is 5.89 Å². The molecule has 1 heterocycles. The van der Waals surface area contributed by atoms with Crippen LogP contribution in [0.2, 0.25) is 0 Å². The second-order valence-corrected chi connectivity index (χ2v) is 3.88. The molecule has 1 N–H and O–H groups in total. The third-order valence-electron chi connectivity index (χ3n) is 2.51. The van der Waals surface area contributed by atoms with E-state index in [0.717, 1.165) is 6.42 Å². The molecule has 1 aromatic carbocycles. The van der Waals surface area contributed by atoms with E-state index in [9.17, 15) is 0 Å². The SMILES string of the molecule is CCc1ccccc1CNc1nnc(CCl)o1. The van der Waals surface area contributed by atoms with Crippen molar-refractivity contribution in [2.24, 2.45) is 0 Å². The lowest BCUT2D eigenvalue weighted by Gasteiger charge is -2.07. The minimum atomic E-state index is 0.236. The van der Waals surface area contributed by atoms with E-state index >= 15 is 0 Å². The molecule has 0 spiro atoms. The van der Waals surface area contributed by atoms with Crippen LogP contribution in [-0.2, 0) is 18.8 Å². The molecule has 90 valence electrons. The first kappa shape index (κ1) is 11.9. The Labute approximate surface area is 105 Å². The lowest BCUT2D eigenvalue weighted by atomic mass is 10.1. The molecule has 0 aliphatic carbocycles. The van der Waals surface area contributed by atoms with E-state index < -0.39 is 0 Å². The molecule has 0 unspecified atom stereocenters. The van der Waals surface area contributed by atoms with Crippen molar-refractivity contribution in [1.29, 1.82) is 0 Å². The fourth-order valence-electron chi connectivity index (χ4n) is 1.62. The normalized spacial score (nSPS) is 10.5. The first-order chi connectivity index (χ1) is 8.33. The Morgan fingerprint density at radius 1 is 1.24 bits per heavy atom. The lowest BCUT2D eigenvalue weighted by molar-refractivity contribution is 0.525. The third kappa shape index (κ3) is 2.97. The number of hydrogen-bond donors (Lipinski definition) is 1. The van der Waals surface area contributed by atoms with Crippen molar-refractivity contribution in [3.05, 3.63) is 41.3 Å². The van der Waals surface area contributed by atoms with Crippen molar-refractivity contribution in [3.8, 4) is 0 Å². The van der Waals surface area contributed by atoms with Gasteiger partial charge in [0, 0.05) is 6.54 Å². The minimum absolute atomic E-state index is 0.236. The summed E-state index contributed by atoms with van der Waals surface area (Å²) in [5, 5.41) is 10.7. The zero-order valence-corrected chi connectivity index (χ0v) is 10.4. The summed E-state index contributed by atoms with van der Waals surface area (Å²) >= 11 is 5.58. The quantitative estimate of drug-likeness (QED) is 0.830. The van der Waals surface area contributed by atoms with Crippen LogP contribution in [0.5, 0.6) is 0 Å². The third-order valence-corrected chi connectivity index (χ3v) is 2.74. The number of hydrogen-bond acceptors (Lipinski definition) is 4. The molecule has 0 aliphatic rings. The summed E-state index contributed by atoms with van der Waals surface area (Å²) in [6, 6.07) is 8.68. The molecule has 0 saturated carbocycles. The zero-order chi connectivity index (χ0) is 12.1. The van der Waals surface area contributed by atoms with Gasteiger partial charge in [-0.25, -0.2) is 0 Å². The van der Waals surface area contributed by atoms with Gasteiger partial charge in [-0.2, -0.15) is 0 Å². The van der Waals surface area contributed by atoms with Crippen molar-refractivity contribution < 1.29 is 4.42 Å². The van der Waals surface area contributed by atoms with Crippen LogP contribution >= 0.6 is 11.6 Å². The van der Waals surface area contributed by atoms with Crippen LogP contribution in [0.25, 0.3) is 0 Å². The van der Waals surface area contributed by atoms with Gasteiger partial charge in [0.1, 0.15) is 5.88 Å². The van der Waals surface area contributed by atoms with Crippen molar-refractivity contribution in [2.45, 2.75) is 25.8 Å². The summed E-state index contributed by atoms with van der Waals surface area (Å²) in [7, 11) is 0. The van der Waals surface area contributed by atoms with Gasteiger partial charge in [0.25, 0.3) is 0 Å². The molecule has 17 heavy (non-hydrogen) atoms. The van der Waals surface area contributed by atoms with Gasteiger partial charge < -0.3 is 9.73 Å². The Hall–Kier alpha value is -1.55. The molecule has 2 aromatic rings. The zero-order valence-electron chi connectivity index (χ0n) is 9.61. The highest BCUT2D eigenvalue weighted by Crippen LogP contribution is 2.13. The van der Waals surface area contributed by atoms with Crippen LogP contribution in [0, 0.1) is 0 Å². The highest BCUT2D eigenvalue weighted by molar-refractivity contribution is 6.16. The Kier molecular flexibility index (Phi) is 3.98. The van der Waals surface area contributed by atoms with Crippen LogP contribution in [0.15, 0.2) is 28.7 Å². The van der Waals surface area contributed by atoms with Crippen LogP contribution in [-0.4, -0.2) is 10.2 Å². The number of aryl methyl sites for hydroxylation is 1. The number of aromatic nitrogens is 2. The van der Waals surface area contributed by atoms with Gasteiger partial charge in [-0.1, -0.05) is 36.3 Å². The molecule has 2 rings (SSSR count). The first-order valence-corrected chi connectivity index (χ1v) is 6.06. The van der Waals surface area contributed by atoms with E-state index in [-0.39, 0.29) is 5.88 Å². The van der Waals surface area contributed by atoms with Crippen LogP contribution in [0.1, 0.15) is 23.9 Å². The number of halogens is 1. The molecule has 5 heteroatoms. The highest BCUT2D eigenvalue weighted by Gasteiger charge is 2.05. The average Bonchev–Trinajstić information content (AvgIpc) is 2.84. The predicted octanol–water partition coefficient (Wildman–Crippen LogP) is 2.98. The molecule has 4 nitrogen and oxygen atoms in total. The van der Waals surface area contributed by atoms with E-state index in [1.165, 1.54) is 11.1 Å². The lowest BCUT2D eigenvalue weighted by Crippen LogP contribution is -2.02. The maximum absolute atomic E-state index is 5.58. The molecule has 0 amide bonds. The van der Waals surface area contributed by atoms with Crippen LogP contribution in [0.3, 0.4) is 0 Å². The molecule has 0 aliphatic heterocycles. The summed E-state index contributed by atoms with van der Waals surface area (Å²) in [5.74, 6) is 0.665. The van der Waals surface area contributed by atoms with Gasteiger partial charge in [-0.15, -0.1) is 16.7 Å². The van der Waals surface area contributed by atoms with E-state index in [0.29, 0.717) is 18.5 Å². The Balaban J connectivity index is 2.01. The molecule has 0 fully saturated rings. The molecular formula is C12H14ClN3O. The summed E-state index contributed by atoms with van der Waals surface area (Å²) in [4.78, 5) is 0. The number of anilines is 1. The van der Waals surface area contributed by atoms with E-state index in [4.69, 9.17) is 16.0 Å². The first-order valence-electron chi connectivity index (χ1n) is 5.52. The van der Waals surface area contributed by atoms with Crippen molar-refractivity contribution in [2.75, 3.05) is 5.32 Å². The molecule has 0 radical (unpaired) electrons. The summed E-state index contributed by atoms with van der Waals surface area (Å²) < 4.78 is 5.26. The molecule has 0 bridgehead atoms. The maximum atomic E-state index is 5.58. The largest absolute Gasteiger partial charge is 0.407 e. The van der Waals surface area contributed by atoms with Crippen molar-refractivity contribution in [3.63, 3.8) is 0 Å². The van der Waals surface area contributed by atoms with Gasteiger partial charge in [0.05, 0.1) is 0 Å². The summed E-state index contributed by atoms with van der Waals surface area (Å²) in [6.45, 7) is 2.81. The average molecular weight is 252 g/mol.